The Labute approximate surface area is 100 Å². The molecule has 0 spiro atoms. The van der Waals surface area contributed by atoms with Gasteiger partial charge in [0.25, 0.3) is 0 Å². The molecule has 0 aliphatic heterocycles. The van der Waals surface area contributed by atoms with Gasteiger partial charge in [0.15, 0.2) is 0 Å². The van der Waals surface area contributed by atoms with Crippen molar-refractivity contribution in [1.29, 1.82) is 5.26 Å². The molecule has 1 heterocycles. The molecule has 17 heavy (non-hydrogen) atoms. The summed E-state index contributed by atoms with van der Waals surface area (Å²) in [5, 5.41) is 16.4. The molecule has 2 rings (SSSR count). The number of benzene rings is 1. The fraction of sp³-hybridized carbons (Fsp3) is 0. The lowest BCUT2D eigenvalue weighted by atomic mass is 10.3. The Bertz CT molecular complexity index is 596. The highest BCUT2D eigenvalue weighted by Crippen LogP contribution is 2.30. The van der Waals surface area contributed by atoms with Crippen LogP contribution in [0.2, 0.25) is 0 Å². The van der Waals surface area contributed by atoms with Gasteiger partial charge in [-0.25, -0.2) is 8.78 Å². The van der Waals surface area contributed by atoms with E-state index < -0.39 is 11.6 Å². The summed E-state index contributed by atoms with van der Waals surface area (Å²) in [4.78, 5) is 0.0713. The molecule has 0 fully saturated rings. The Morgan fingerprint density at radius 2 is 2.06 bits per heavy atom. The standard InChI is InChI=1S/C11H5F2N3S/c12-8-1-2-9(13)10(5-8)17-11-7(6-14)3-4-15-16-11/h1-5H. The van der Waals surface area contributed by atoms with Crippen LogP contribution in [-0.2, 0) is 0 Å². The predicted octanol–water partition coefficient (Wildman–Crippen LogP) is 2.78. The first-order valence-electron chi connectivity index (χ1n) is 4.55. The summed E-state index contributed by atoms with van der Waals surface area (Å²) in [6.07, 6.45) is 1.37. The van der Waals surface area contributed by atoms with Crippen molar-refractivity contribution in [1.82, 2.24) is 10.2 Å². The maximum Gasteiger partial charge on any atom is 0.141 e. The van der Waals surface area contributed by atoms with Gasteiger partial charge in [0, 0.05) is 0 Å². The van der Waals surface area contributed by atoms with Crippen LogP contribution in [0.5, 0.6) is 0 Å². The average Bonchev–Trinajstić information content (AvgIpc) is 2.34. The van der Waals surface area contributed by atoms with E-state index in [-0.39, 0.29) is 15.5 Å². The van der Waals surface area contributed by atoms with Gasteiger partial charge in [0.1, 0.15) is 22.7 Å². The Morgan fingerprint density at radius 1 is 1.24 bits per heavy atom. The quantitative estimate of drug-likeness (QED) is 0.821. The van der Waals surface area contributed by atoms with E-state index in [1.807, 2.05) is 6.07 Å². The van der Waals surface area contributed by atoms with Crippen LogP contribution in [-0.4, -0.2) is 10.2 Å². The largest absolute Gasteiger partial charge is 0.207 e. The van der Waals surface area contributed by atoms with Crippen LogP contribution in [0, 0.1) is 23.0 Å². The van der Waals surface area contributed by atoms with Crippen LogP contribution in [0.3, 0.4) is 0 Å². The minimum atomic E-state index is -0.564. The number of hydrogen-bond acceptors (Lipinski definition) is 4. The normalized spacial score (nSPS) is 9.94. The Kier molecular flexibility index (Phi) is 3.30. The molecule has 3 nitrogen and oxygen atoms in total. The first kappa shape index (κ1) is 11.5. The number of nitriles is 1. The minimum absolute atomic E-state index is 0.0713. The Hall–Kier alpha value is -2.00. The summed E-state index contributed by atoms with van der Waals surface area (Å²) in [7, 11) is 0. The fourth-order valence-corrected chi connectivity index (χ4v) is 2.00. The second kappa shape index (κ2) is 4.89. The molecule has 2 aromatic rings. The molecule has 0 atom stereocenters. The topological polar surface area (TPSA) is 49.6 Å². The van der Waals surface area contributed by atoms with E-state index in [1.54, 1.807) is 0 Å². The molecular weight excluding hydrogens is 244 g/mol. The number of hydrogen-bond donors (Lipinski definition) is 0. The van der Waals surface area contributed by atoms with Gasteiger partial charge in [0.05, 0.1) is 16.7 Å². The molecule has 0 saturated carbocycles. The van der Waals surface area contributed by atoms with Crippen LogP contribution in [0.4, 0.5) is 8.78 Å². The van der Waals surface area contributed by atoms with Crippen molar-refractivity contribution < 1.29 is 8.78 Å². The van der Waals surface area contributed by atoms with E-state index in [9.17, 15) is 8.78 Å². The molecule has 0 unspecified atom stereocenters. The van der Waals surface area contributed by atoms with Gasteiger partial charge in [-0.1, -0.05) is 11.8 Å². The molecule has 0 amide bonds. The maximum absolute atomic E-state index is 13.4. The molecular formula is C11H5F2N3S. The molecule has 0 radical (unpaired) electrons. The molecule has 0 bridgehead atoms. The lowest BCUT2D eigenvalue weighted by Crippen LogP contribution is -1.91. The van der Waals surface area contributed by atoms with Crippen molar-refractivity contribution in [2.45, 2.75) is 9.92 Å². The van der Waals surface area contributed by atoms with Crippen molar-refractivity contribution in [2.75, 3.05) is 0 Å². The maximum atomic E-state index is 13.4. The van der Waals surface area contributed by atoms with E-state index in [1.165, 1.54) is 12.3 Å². The smallest absolute Gasteiger partial charge is 0.141 e. The highest BCUT2D eigenvalue weighted by Gasteiger charge is 2.10. The highest BCUT2D eigenvalue weighted by atomic mass is 32.2. The molecule has 0 N–H and O–H groups in total. The molecule has 0 aliphatic carbocycles. The second-order valence-corrected chi connectivity index (χ2v) is 4.07. The van der Waals surface area contributed by atoms with E-state index in [2.05, 4.69) is 10.2 Å². The highest BCUT2D eigenvalue weighted by molar-refractivity contribution is 7.99. The lowest BCUT2D eigenvalue weighted by Gasteiger charge is -2.03. The zero-order valence-electron chi connectivity index (χ0n) is 8.39. The molecule has 0 saturated heterocycles. The Balaban J connectivity index is 2.38. The molecule has 0 aliphatic rings. The minimum Gasteiger partial charge on any atom is -0.207 e. The Morgan fingerprint density at radius 3 is 2.82 bits per heavy atom. The van der Waals surface area contributed by atoms with Gasteiger partial charge >= 0.3 is 0 Å². The SMILES string of the molecule is N#Cc1ccnnc1Sc1cc(F)ccc1F. The zero-order chi connectivity index (χ0) is 12.3. The number of aromatic nitrogens is 2. The summed E-state index contributed by atoms with van der Waals surface area (Å²) >= 11 is 0.868. The molecule has 1 aromatic carbocycles. The monoisotopic (exact) mass is 249 g/mol. The third-order valence-electron chi connectivity index (χ3n) is 1.91. The number of nitrogens with zero attached hydrogens (tertiary/aromatic N) is 3. The van der Waals surface area contributed by atoms with E-state index >= 15 is 0 Å². The van der Waals surface area contributed by atoms with Crippen molar-refractivity contribution in [3.8, 4) is 6.07 Å². The zero-order valence-corrected chi connectivity index (χ0v) is 9.21. The van der Waals surface area contributed by atoms with Crippen molar-refractivity contribution in [3.05, 3.63) is 47.7 Å². The third kappa shape index (κ3) is 2.57. The summed E-state index contributed by atoms with van der Waals surface area (Å²) in [6.45, 7) is 0. The summed E-state index contributed by atoms with van der Waals surface area (Å²) < 4.78 is 26.3. The predicted molar refractivity (Wildman–Crippen MR) is 57.2 cm³/mol. The van der Waals surface area contributed by atoms with Gasteiger partial charge in [-0.3, -0.25) is 0 Å². The van der Waals surface area contributed by atoms with Crippen LogP contribution < -0.4 is 0 Å². The number of halogens is 2. The van der Waals surface area contributed by atoms with Crippen molar-refractivity contribution in [2.24, 2.45) is 0 Å². The first-order valence-corrected chi connectivity index (χ1v) is 5.37. The summed E-state index contributed by atoms with van der Waals surface area (Å²) in [6, 6.07) is 6.48. The van der Waals surface area contributed by atoms with Crippen LogP contribution in [0.1, 0.15) is 5.56 Å². The van der Waals surface area contributed by atoms with Gasteiger partial charge in [0.2, 0.25) is 0 Å². The first-order chi connectivity index (χ1) is 8.20. The second-order valence-electron chi connectivity index (χ2n) is 3.04. The van der Waals surface area contributed by atoms with Crippen LogP contribution in [0.25, 0.3) is 0 Å². The van der Waals surface area contributed by atoms with Gasteiger partial charge in [-0.05, 0) is 24.3 Å². The van der Waals surface area contributed by atoms with Gasteiger partial charge < -0.3 is 0 Å². The van der Waals surface area contributed by atoms with E-state index in [0.717, 1.165) is 30.0 Å². The molecule has 84 valence electrons. The average molecular weight is 249 g/mol. The van der Waals surface area contributed by atoms with Crippen molar-refractivity contribution in [3.63, 3.8) is 0 Å². The lowest BCUT2D eigenvalue weighted by molar-refractivity contribution is 0.577. The van der Waals surface area contributed by atoms with Crippen LogP contribution in [0.15, 0.2) is 40.4 Å². The third-order valence-corrected chi connectivity index (χ3v) is 2.93. The number of rotatable bonds is 2. The van der Waals surface area contributed by atoms with Crippen molar-refractivity contribution >= 4 is 11.8 Å². The summed E-state index contributed by atoms with van der Waals surface area (Å²) in [5.41, 5.74) is 0.272. The molecule has 6 heteroatoms. The van der Waals surface area contributed by atoms with E-state index in [4.69, 9.17) is 5.26 Å². The van der Waals surface area contributed by atoms with E-state index in [0.29, 0.717) is 0 Å². The molecule has 1 aromatic heterocycles. The van der Waals surface area contributed by atoms with Crippen LogP contribution >= 0.6 is 11.8 Å². The van der Waals surface area contributed by atoms with Gasteiger partial charge in [-0.15, -0.1) is 5.10 Å². The fourth-order valence-electron chi connectivity index (χ4n) is 1.14. The summed E-state index contributed by atoms with van der Waals surface area (Å²) in [5.74, 6) is -1.11. The van der Waals surface area contributed by atoms with Gasteiger partial charge in [-0.2, -0.15) is 10.4 Å².